The van der Waals surface area contributed by atoms with Crippen LogP contribution in [0, 0.1) is 12.7 Å². The van der Waals surface area contributed by atoms with Gasteiger partial charge in [-0.05, 0) is 19.1 Å². The number of fused-ring (bicyclic) bond motifs is 1. The van der Waals surface area contributed by atoms with Crippen molar-refractivity contribution in [1.29, 1.82) is 0 Å². The molecule has 0 bridgehead atoms. The molecule has 2 aromatic carbocycles. The van der Waals surface area contributed by atoms with Crippen LogP contribution in [-0.4, -0.2) is 4.98 Å². The number of benzene rings is 2. The first-order valence-electron chi connectivity index (χ1n) is 6.16. The SMILES string of the molecule is Cc1nc2cc(OCc3ccccc3F)c(N)cc2s1. The van der Waals surface area contributed by atoms with E-state index in [1.165, 1.54) is 6.07 Å². The molecule has 3 rings (SSSR count). The van der Waals surface area contributed by atoms with E-state index in [0.29, 0.717) is 17.0 Å². The van der Waals surface area contributed by atoms with Crippen LogP contribution >= 0.6 is 11.3 Å². The summed E-state index contributed by atoms with van der Waals surface area (Å²) in [5.41, 5.74) is 7.85. The summed E-state index contributed by atoms with van der Waals surface area (Å²) < 4.78 is 20.2. The fourth-order valence-corrected chi connectivity index (χ4v) is 2.84. The summed E-state index contributed by atoms with van der Waals surface area (Å²) in [5, 5.41) is 0.977. The van der Waals surface area contributed by atoms with Crippen molar-refractivity contribution in [3.8, 4) is 5.75 Å². The smallest absolute Gasteiger partial charge is 0.144 e. The maximum absolute atomic E-state index is 13.5. The number of halogens is 1. The molecule has 0 radical (unpaired) electrons. The van der Waals surface area contributed by atoms with E-state index in [9.17, 15) is 4.39 Å². The number of hydrogen-bond acceptors (Lipinski definition) is 4. The Morgan fingerprint density at radius 2 is 2.10 bits per heavy atom. The Labute approximate surface area is 119 Å². The number of anilines is 1. The van der Waals surface area contributed by atoms with Crippen LogP contribution in [-0.2, 0) is 6.61 Å². The van der Waals surface area contributed by atoms with Crippen molar-refractivity contribution in [2.24, 2.45) is 0 Å². The Bertz CT molecular complexity index is 770. The highest BCUT2D eigenvalue weighted by molar-refractivity contribution is 7.18. The van der Waals surface area contributed by atoms with Crippen LogP contribution in [0.5, 0.6) is 5.75 Å². The van der Waals surface area contributed by atoms with Crippen LogP contribution in [0.15, 0.2) is 36.4 Å². The largest absolute Gasteiger partial charge is 0.487 e. The third-order valence-corrected chi connectivity index (χ3v) is 3.90. The quantitative estimate of drug-likeness (QED) is 0.743. The number of nitrogen functional groups attached to an aromatic ring is 1. The standard InChI is InChI=1S/C15H13FN2OS/c1-9-18-13-7-14(12(17)6-15(13)20-9)19-8-10-4-2-3-5-11(10)16/h2-7H,8,17H2,1H3. The fraction of sp³-hybridized carbons (Fsp3) is 0.133. The van der Waals surface area contributed by atoms with Gasteiger partial charge in [0.25, 0.3) is 0 Å². The van der Waals surface area contributed by atoms with Gasteiger partial charge in [-0.25, -0.2) is 9.37 Å². The van der Waals surface area contributed by atoms with E-state index in [1.54, 1.807) is 35.6 Å². The van der Waals surface area contributed by atoms with Gasteiger partial charge in [0.1, 0.15) is 18.2 Å². The average molecular weight is 288 g/mol. The molecule has 0 amide bonds. The Hall–Kier alpha value is -2.14. The van der Waals surface area contributed by atoms with Gasteiger partial charge in [-0.15, -0.1) is 11.3 Å². The molecule has 2 N–H and O–H groups in total. The highest BCUT2D eigenvalue weighted by Crippen LogP contribution is 2.31. The van der Waals surface area contributed by atoms with Gasteiger partial charge in [-0.2, -0.15) is 0 Å². The minimum atomic E-state index is -0.281. The third-order valence-electron chi connectivity index (χ3n) is 2.97. The number of aryl methyl sites for hydroxylation is 1. The van der Waals surface area contributed by atoms with Crippen molar-refractivity contribution >= 4 is 27.2 Å². The van der Waals surface area contributed by atoms with E-state index in [4.69, 9.17) is 10.5 Å². The minimum absolute atomic E-state index is 0.144. The van der Waals surface area contributed by atoms with E-state index in [1.807, 2.05) is 13.0 Å². The second kappa shape index (κ2) is 5.09. The lowest BCUT2D eigenvalue weighted by molar-refractivity contribution is 0.302. The summed E-state index contributed by atoms with van der Waals surface area (Å²) in [6.07, 6.45) is 0. The Morgan fingerprint density at radius 1 is 1.30 bits per heavy atom. The molecule has 0 atom stereocenters. The molecule has 0 aliphatic heterocycles. The first kappa shape index (κ1) is 12.9. The summed E-state index contributed by atoms with van der Waals surface area (Å²) in [6, 6.07) is 10.2. The second-order valence-electron chi connectivity index (χ2n) is 4.47. The number of thiazole rings is 1. The second-order valence-corrected chi connectivity index (χ2v) is 5.71. The number of rotatable bonds is 3. The van der Waals surface area contributed by atoms with E-state index in [-0.39, 0.29) is 12.4 Å². The van der Waals surface area contributed by atoms with Gasteiger partial charge in [0.15, 0.2) is 0 Å². The number of aromatic nitrogens is 1. The molecule has 0 saturated heterocycles. The van der Waals surface area contributed by atoms with E-state index >= 15 is 0 Å². The Balaban J connectivity index is 1.87. The predicted molar refractivity (Wildman–Crippen MR) is 79.5 cm³/mol. The third kappa shape index (κ3) is 2.44. The van der Waals surface area contributed by atoms with E-state index in [2.05, 4.69) is 4.98 Å². The lowest BCUT2D eigenvalue weighted by atomic mass is 10.2. The summed E-state index contributed by atoms with van der Waals surface area (Å²) in [7, 11) is 0. The molecule has 20 heavy (non-hydrogen) atoms. The molecular formula is C15H13FN2OS. The van der Waals surface area contributed by atoms with Crippen LogP contribution in [0.1, 0.15) is 10.6 Å². The van der Waals surface area contributed by atoms with Gasteiger partial charge in [0, 0.05) is 11.6 Å². The van der Waals surface area contributed by atoms with Crippen LogP contribution in [0.2, 0.25) is 0 Å². The lowest BCUT2D eigenvalue weighted by Gasteiger charge is -2.09. The van der Waals surface area contributed by atoms with Gasteiger partial charge in [0.2, 0.25) is 0 Å². The summed E-state index contributed by atoms with van der Waals surface area (Å²) in [6.45, 7) is 2.09. The van der Waals surface area contributed by atoms with Gasteiger partial charge in [-0.1, -0.05) is 18.2 Å². The molecule has 0 fully saturated rings. The van der Waals surface area contributed by atoms with Crippen molar-refractivity contribution < 1.29 is 9.13 Å². The van der Waals surface area contributed by atoms with Crippen molar-refractivity contribution in [3.05, 3.63) is 52.8 Å². The molecule has 0 aliphatic rings. The van der Waals surface area contributed by atoms with Crippen molar-refractivity contribution in [3.63, 3.8) is 0 Å². The Morgan fingerprint density at radius 3 is 2.90 bits per heavy atom. The van der Waals surface area contributed by atoms with Crippen molar-refractivity contribution in [2.75, 3.05) is 5.73 Å². The molecule has 0 aliphatic carbocycles. The predicted octanol–water partition coefficient (Wildman–Crippen LogP) is 3.91. The van der Waals surface area contributed by atoms with Gasteiger partial charge >= 0.3 is 0 Å². The zero-order chi connectivity index (χ0) is 14.1. The highest BCUT2D eigenvalue weighted by atomic mass is 32.1. The molecular weight excluding hydrogens is 275 g/mol. The van der Waals surface area contributed by atoms with Gasteiger partial charge < -0.3 is 10.5 Å². The number of hydrogen-bond donors (Lipinski definition) is 1. The monoisotopic (exact) mass is 288 g/mol. The summed E-state index contributed by atoms with van der Waals surface area (Å²) in [5.74, 6) is 0.253. The molecule has 3 nitrogen and oxygen atoms in total. The minimum Gasteiger partial charge on any atom is -0.487 e. The zero-order valence-corrected chi connectivity index (χ0v) is 11.7. The summed E-state index contributed by atoms with van der Waals surface area (Å²) in [4.78, 5) is 4.40. The first-order valence-corrected chi connectivity index (χ1v) is 6.98. The molecule has 1 heterocycles. The summed E-state index contributed by atoms with van der Waals surface area (Å²) >= 11 is 1.59. The number of ether oxygens (including phenoxy) is 1. The molecule has 102 valence electrons. The van der Waals surface area contributed by atoms with Crippen LogP contribution in [0.3, 0.4) is 0 Å². The van der Waals surface area contributed by atoms with E-state index < -0.39 is 0 Å². The van der Waals surface area contributed by atoms with Crippen molar-refractivity contribution in [1.82, 2.24) is 4.98 Å². The molecule has 1 aromatic heterocycles. The fourth-order valence-electron chi connectivity index (χ4n) is 1.98. The highest BCUT2D eigenvalue weighted by Gasteiger charge is 2.08. The van der Waals surface area contributed by atoms with Crippen LogP contribution in [0.25, 0.3) is 10.2 Å². The van der Waals surface area contributed by atoms with Crippen molar-refractivity contribution in [2.45, 2.75) is 13.5 Å². The molecule has 3 aromatic rings. The van der Waals surface area contributed by atoms with E-state index in [0.717, 1.165) is 15.2 Å². The van der Waals surface area contributed by atoms with Gasteiger partial charge in [-0.3, -0.25) is 0 Å². The topological polar surface area (TPSA) is 48.1 Å². The zero-order valence-electron chi connectivity index (χ0n) is 10.9. The normalized spacial score (nSPS) is 10.9. The maximum atomic E-state index is 13.5. The lowest BCUT2D eigenvalue weighted by Crippen LogP contribution is -2.00. The average Bonchev–Trinajstić information content (AvgIpc) is 2.76. The van der Waals surface area contributed by atoms with Gasteiger partial charge in [0.05, 0.1) is 20.9 Å². The van der Waals surface area contributed by atoms with Crippen LogP contribution in [0.4, 0.5) is 10.1 Å². The molecule has 0 saturated carbocycles. The Kier molecular flexibility index (Phi) is 3.28. The molecule has 5 heteroatoms. The maximum Gasteiger partial charge on any atom is 0.144 e. The molecule has 0 spiro atoms. The van der Waals surface area contributed by atoms with Crippen LogP contribution < -0.4 is 10.5 Å². The number of nitrogens with two attached hydrogens (primary N) is 1. The molecule has 0 unspecified atom stereocenters. The first-order chi connectivity index (χ1) is 9.63. The number of nitrogens with zero attached hydrogens (tertiary/aromatic N) is 1.